The van der Waals surface area contributed by atoms with E-state index < -0.39 is 5.25 Å². The molecule has 190 valence electrons. The van der Waals surface area contributed by atoms with Crippen molar-refractivity contribution in [3.63, 3.8) is 0 Å². The number of thiophene rings is 1. The number of Topliss-reactive ketones (excluding diaryl/α,β-unsaturated/α-hetero) is 1. The molecular formula is C32H28N2O2S2. The molecule has 0 unspecified atom stereocenters. The average Bonchev–Trinajstić information content (AvgIpc) is 3.52. The monoisotopic (exact) mass is 536 g/mol. The maximum atomic E-state index is 14.0. The van der Waals surface area contributed by atoms with Crippen molar-refractivity contribution in [2.75, 3.05) is 0 Å². The van der Waals surface area contributed by atoms with Crippen LogP contribution in [0.3, 0.4) is 0 Å². The summed E-state index contributed by atoms with van der Waals surface area (Å²) in [6, 6.07) is 25.8. The van der Waals surface area contributed by atoms with Gasteiger partial charge in [0.1, 0.15) is 10.1 Å². The van der Waals surface area contributed by atoms with Crippen molar-refractivity contribution >= 4 is 39.1 Å². The lowest BCUT2D eigenvalue weighted by Gasteiger charge is -2.19. The third-order valence-corrected chi connectivity index (χ3v) is 9.58. The summed E-state index contributed by atoms with van der Waals surface area (Å²) >= 11 is 3.02. The van der Waals surface area contributed by atoms with Crippen LogP contribution in [-0.4, -0.2) is 15.3 Å². The van der Waals surface area contributed by atoms with Gasteiger partial charge in [-0.25, -0.2) is 4.98 Å². The number of fused-ring (bicyclic) bond motifs is 3. The largest absolute Gasteiger partial charge is 0.293 e. The Balaban J connectivity index is 1.50. The van der Waals surface area contributed by atoms with Crippen molar-refractivity contribution in [3.05, 3.63) is 127 Å². The van der Waals surface area contributed by atoms with E-state index in [4.69, 9.17) is 4.98 Å². The van der Waals surface area contributed by atoms with Crippen LogP contribution in [-0.2, 0) is 19.4 Å². The van der Waals surface area contributed by atoms with Gasteiger partial charge in [-0.15, -0.1) is 11.3 Å². The highest BCUT2D eigenvalue weighted by Crippen LogP contribution is 2.40. The highest BCUT2D eigenvalue weighted by Gasteiger charge is 2.28. The first-order chi connectivity index (χ1) is 18.5. The molecule has 0 saturated carbocycles. The molecular weight excluding hydrogens is 508 g/mol. The summed E-state index contributed by atoms with van der Waals surface area (Å²) in [5.74, 6) is 0.00753. The molecule has 0 saturated heterocycles. The number of benzene rings is 3. The molecule has 4 nitrogen and oxygen atoms in total. The second-order valence-electron chi connectivity index (χ2n) is 9.95. The first-order valence-corrected chi connectivity index (χ1v) is 14.6. The molecule has 1 aliphatic rings. The summed E-state index contributed by atoms with van der Waals surface area (Å²) in [4.78, 5) is 35.1. The first-order valence-electron chi connectivity index (χ1n) is 12.9. The summed E-state index contributed by atoms with van der Waals surface area (Å²) in [6.07, 6.45) is 3.03. The topological polar surface area (TPSA) is 52.0 Å². The predicted molar refractivity (Wildman–Crippen MR) is 157 cm³/mol. The van der Waals surface area contributed by atoms with Crippen LogP contribution in [0, 0.1) is 13.8 Å². The third kappa shape index (κ3) is 4.74. The SMILES string of the molecule is Cc1ccc(C(=O)[C@@H](Sc2nc3sc4c(c3c(=O)n2Cc2ccccc2)CCC4)c2ccc(C)cc2)cc1. The van der Waals surface area contributed by atoms with E-state index in [2.05, 4.69) is 0 Å². The number of aryl methyl sites for hydroxylation is 4. The van der Waals surface area contributed by atoms with Crippen molar-refractivity contribution in [2.45, 2.75) is 50.1 Å². The molecule has 2 aromatic heterocycles. The second kappa shape index (κ2) is 10.4. The fourth-order valence-corrected chi connectivity index (χ4v) is 7.52. The zero-order valence-corrected chi connectivity index (χ0v) is 23.1. The van der Waals surface area contributed by atoms with Crippen molar-refractivity contribution in [1.29, 1.82) is 0 Å². The molecule has 0 radical (unpaired) electrons. The summed E-state index contributed by atoms with van der Waals surface area (Å²) in [5, 5.41) is 0.813. The van der Waals surface area contributed by atoms with Gasteiger partial charge in [0.25, 0.3) is 5.56 Å². The van der Waals surface area contributed by atoms with Gasteiger partial charge in [-0.1, -0.05) is 102 Å². The van der Waals surface area contributed by atoms with Crippen LogP contribution in [0.5, 0.6) is 0 Å². The van der Waals surface area contributed by atoms with Gasteiger partial charge in [0, 0.05) is 10.4 Å². The Morgan fingerprint density at radius 2 is 1.63 bits per heavy atom. The van der Waals surface area contributed by atoms with Crippen molar-refractivity contribution in [3.8, 4) is 0 Å². The molecule has 1 aliphatic carbocycles. The average molecular weight is 537 g/mol. The van der Waals surface area contributed by atoms with Gasteiger partial charge in [-0.05, 0) is 49.8 Å². The van der Waals surface area contributed by atoms with Crippen LogP contribution in [0.4, 0.5) is 0 Å². The minimum Gasteiger partial charge on any atom is -0.293 e. The summed E-state index contributed by atoms with van der Waals surface area (Å²) in [6.45, 7) is 4.46. The molecule has 0 aliphatic heterocycles. The fraction of sp³-hybridized carbons (Fsp3) is 0.219. The summed E-state index contributed by atoms with van der Waals surface area (Å²) < 4.78 is 1.78. The Morgan fingerprint density at radius 1 is 0.947 bits per heavy atom. The molecule has 0 spiro atoms. The van der Waals surface area contributed by atoms with Gasteiger partial charge in [-0.3, -0.25) is 14.2 Å². The molecule has 0 fully saturated rings. The van der Waals surface area contributed by atoms with Crippen LogP contribution < -0.4 is 5.56 Å². The van der Waals surface area contributed by atoms with E-state index in [1.807, 2.05) is 92.7 Å². The normalized spacial score (nSPS) is 13.5. The van der Waals surface area contributed by atoms with Gasteiger partial charge in [0.05, 0.1) is 11.9 Å². The third-order valence-electron chi connectivity index (χ3n) is 7.15. The van der Waals surface area contributed by atoms with Gasteiger partial charge >= 0.3 is 0 Å². The minimum absolute atomic E-state index is 0.00753. The zero-order valence-electron chi connectivity index (χ0n) is 21.4. The Labute approximate surface area is 230 Å². The van der Waals surface area contributed by atoms with E-state index in [1.165, 1.54) is 22.2 Å². The number of aromatic nitrogens is 2. The van der Waals surface area contributed by atoms with Crippen molar-refractivity contribution < 1.29 is 4.79 Å². The number of hydrogen-bond acceptors (Lipinski definition) is 5. The lowest BCUT2D eigenvalue weighted by atomic mass is 10.0. The molecule has 0 N–H and O–H groups in total. The van der Waals surface area contributed by atoms with Gasteiger partial charge in [0.2, 0.25) is 0 Å². The number of hydrogen-bond donors (Lipinski definition) is 0. The quantitative estimate of drug-likeness (QED) is 0.124. The Morgan fingerprint density at radius 3 is 2.34 bits per heavy atom. The van der Waals surface area contributed by atoms with Crippen LogP contribution in [0.25, 0.3) is 10.2 Å². The molecule has 0 amide bonds. The number of carbonyl (C=O) groups is 1. The van der Waals surface area contributed by atoms with E-state index in [0.717, 1.165) is 51.7 Å². The molecule has 6 heteroatoms. The summed E-state index contributed by atoms with van der Waals surface area (Å²) in [5.41, 5.74) is 5.99. The second-order valence-corrected chi connectivity index (χ2v) is 12.1. The molecule has 3 aromatic carbocycles. The molecule has 6 rings (SSSR count). The Kier molecular flexibility index (Phi) is 6.76. The maximum Gasteiger partial charge on any atom is 0.263 e. The standard InChI is InChI=1S/C32H28N2O2S2/c1-20-11-15-23(16-12-20)28(35)29(24-17-13-21(2)14-18-24)38-32-33-30-27(25-9-6-10-26(25)37-30)31(36)34(32)19-22-7-4-3-5-8-22/h3-5,7-8,11-18,29H,6,9-10,19H2,1-2H3/t29-/m0/s1. The van der Waals surface area contributed by atoms with Crippen LogP contribution in [0.15, 0.2) is 88.8 Å². The zero-order chi connectivity index (χ0) is 26.2. The smallest absolute Gasteiger partial charge is 0.263 e. The Bertz CT molecular complexity index is 1680. The van der Waals surface area contributed by atoms with Crippen LogP contribution in [0.1, 0.15) is 54.7 Å². The van der Waals surface area contributed by atoms with Gasteiger partial charge in [0.15, 0.2) is 10.9 Å². The number of thioether (sulfide) groups is 1. The predicted octanol–water partition coefficient (Wildman–Crippen LogP) is 7.33. The Hall–Kier alpha value is -3.48. The van der Waals surface area contributed by atoms with E-state index in [9.17, 15) is 9.59 Å². The number of nitrogens with zero attached hydrogens (tertiary/aromatic N) is 2. The molecule has 5 aromatic rings. The van der Waals surface area contributed by atoms with Crippen molar-refractivity contribution in [2.24, 2.45) is 0 Å². The molecule has 38 heavy (non-hydrogen) atoms. The molecule has 2 heterocycles. The van der Waals surface area contributed by atoms with Gasteiger partial charge in [-0.2, -0.15) is 0 Å². The van der Waals surface area contributed by atoms with E-state index >= 15 is 0 Å². The maximum absolute atomic E-state index is 14.0. The summed E-state index contributed by atoms with van der Waals surface area (Å²) in [7, 11) is 0. The number of carbonyl (C=O) groups excluding carboxylic acids is 1. The molecule has 0 bridgehead atoms. The highest BCUT2D eigenvalue weighted by molar-refractivity contribution is 8.00. The van der Waals surface area contributed by atoms with Crippen molar-refractivity contribution in [1.82, 2.24) is 9.55 Å². The number of ketones is 1. The highest BCUT2D eigenvalue weighted by atomic mass is 32.2. The van der Waals surface area contributed by atoms with Crippen LogP contribution >= 0.6 is 23.1 Å². The fourth-order valence-electron chi connectivity index (χ4n) is 5.04. The lowest BCUT2D eigenvalue weighted by molar-refractivity contribution is 0.0989. The lowest BCUT2D eigenvalue weighted by Crippen LogP contribution is -2.25. The molecule has 1 atom stereocenters. The van der Waals surface area contributed by atoms with E-state index in [-0.39, 0.29) is 11.3 Å². The minimum atomic E-state index is -0.531. The van der Waals surface area contributed by atoms with E-state index in [0.29, 0.717) is 17.3 Å². The van der Waals surface area contributed by atoms with Crippen LogP contribution in [0.2, 0.25) is 0 Å². The van der Waals surface area contributed by atoms with E-state index in [1.54, 1.807) is 15.9 Å². The number of rotatable bonds is 7. The van der Waals surface area contributed by atoms with Gasteiger partial charge < -0.3 is 0 Å². The first kappa shape index (κ1) is 24.8.